The Labute approximate surface area is 123 Å². The predicted molar refractivity (Wildman–Crippen MR) is 81.7 cm³/mol. The van der Waals surface area contributed by atoms with E-state index in [0.717, 1.165) is 22.4 Å². The quantitative estimate of drug-likeness (QED) is 0.838. The van der Waals surface area contributed by atoms with Crippen LogP contribution in [-0.4, -0.2) is 14.8 Å². The Kier molecular flexibility index (Phi) is 4.40. The average Bonchev–Trinajstić information content (AvgIpc) is 2.69. The van der Waals surface area contributed by atoms with Gasteiger partial charge in [0.25, 0.3) is 0 Å². The lowest BCUT2D eigenvalue weighted by atomic mass is 10.1. The molecule has 0 saturated carbocycles. The molecule has 2 rings (SSSR count). The second kappa shape index (κ2) is 5.87. The third-order valence-electron chi connectivity index (χ3n) is 2.97. The lowest BCUT2D eigenvalue weighted by molar-refractivity contribution is 0.615. The highest BCUT2D eigenvalue weighted by Crippen LogP contribution is 2.21. The van der Waals surface area contributed by atoms with Crippen LogP contribution in [0, 0.1) is 5.92 Å². The minimum Gasteiger partial charge on any atom is -0.261 e. The summed E-state index contributed by atoms with van der Waals surface area (Å²) in [6, 6.07) is 6.22. The number of hydrogen-bond acceptors (Lipinski definition) is 2. The van der Waals surface area contributed by atoms with Crippen molar-refractivity contribution >= 4 is 15.9 Å². The van der Waals surface area contributed by atoms with E-state index in [4.69, 9.17) is 0 Å². The first-order valence-corrected chi connectivity index (χ1v) is 7.47. The maximum absolute atomic E-state index is 4.54. The first-order chi connectivity index (χ1) is 8.97. The van der Waals surface area contributed by atoms with Crippen molar-refractivity contribution in [1.82, 2.24) is 14.8 Å². The molecule has 19 heavy (non-hydrogen) atoms. The molecule has 0 aliphatic rings. The van der Waals surface area contributed by atoms with E-state index < -0.39 is 0 Å². The molecule has 0 saturated heterocycles. The van der Waals surface area contributed by atoms with Gasteiger partial charge in [-0.1, -0.05) is 27.7 Å². The highest BCUT2D eigenvalue weighted by Gasteiger charge is 2.11. The van der Waals surface area contributed by atoms with E-state index in [0.29, 0.717) is 11.8 Å². The van der Waals surface area contributed by atoms with Gasteiger partial charge in [-0.25, -0.2) is 4.68 Å². The van der Waals surface area contributed by atoms with Gasteiger partial charge in [0, 0.05) is 17.6 Å². The van der Waals surface area contributed by atoms with E-state index in [9.17, 15) is 0 Å². The Hall–Kier alpha value is -1.16. The van der Waals surface area contributed by atoms with Crippen molar-refractivity contribution in [3.63, 3.8) is 0 Å². The van der Waals surface area contributed by atoms with Crippen LogP contribution >= 0.6 is 15.9 Å². The van der Waals surface area contributed by atoms with Crippen molar-refractivity contribution in [2.45, 2.75) is 40.0 Å². The van der Waals surface area contributed by atoms with E-state index in [1.807, 2.05) is 16.9 Å². The maximum atomic E-state index is 4.54. The molecular formula is C15H20BrN3. The third-order valence-corrected chi connectivity index (χ3v) is 3.36. The Bertz CT molecular complexity index is 558. The van der Waals surface area contributed by atoms with Crippen LogP contribution in [0.5, 0.6) is 0 Å². The molecule has 3 nitrogen and oxygen atoms in total. The van der Waals surface area contributed by atoms with Crippen LogP contribution in [0.15, 0.2) is 29.0 Å². The molecule has 4 heteroatoms. The van der Waals surface area contributed by atoms with Gasteiger partial charge in [0.05, 0.1) is 5.69 Å². The van der Waals surface area contributed by atoms with Gasteiger partial charge >= 0.3 is 0 Å². The monoisotopic (exact) mass is 321 g/mol. The van der Waals surface area contributed by atoms with Crippen LogP contribution < -0.4 is 0 Å². The van der Waals surface area contributed by atoms with Gasteiger partial charge in [0.15, 0.2) is 0 Å². The van der Waals surface area contributed by atoms with Gasteiger partial charge in [0.1, 0.15) is 4.60 Å². The molecule has 2 aromatic rings. The summed E-state index contributed by atoms with van der Waals surface area (Å²) in [5.41, 5.74) is 3.41. The summed E-state index contributed by atoms with van der Waals surface area (Å²) in [6.45, 7) is 8.75. The highest BCUT2D eigenvalue weighted by molar-refractivity contribution is 9.10. The molecule has 0 atom stereocenters. The van der Waals surface area contributed by atoms with Crippen LogP contribution in [0.1, 0.15) is 45.0 Å². The second-order valence-electron chi connectivity index (χ2n) is 5.56. The number of hydrogen-bond donors (Lipinski definition) is 0. The molecule has 2 aromatic heterocycles. The molecule has 0 unspecified atom stereocenters. The van der Waals surface area contributed by atoms with Gasteiger partial charge in [0.2, 0.25) is 0 Å². The average molecular weight is 322 g/mol. The number of pyridine rings is 1. The highest BCUT2D eigenvalue weighted by atomic mass is 79.9. The first-order valence-electron chi connectivity index (χ1n) is 6.68. The fourth-order valence-electron chi connectivity index (χ4n) is 2.06. The smallest absolute Gasteiger partial charge is 0.128 e. The van der Waals surface area contributed by atoms with Gasteiger partial charge < -0.3 is 0 Å². The predicted octanol–water partition coefficient (Wildman–Crippen LogP) is 4.35. The third kappa shape index (κ3) is 3.44. The van der Waals surface area contributed by atoms with Crippen molar-refractivity contribution < 1.29 is 0 Å². The molecule has 0 aromatic carbocycles. The molecule has 0 aliphatic carbocycles. The summed E-state index contributed by atoms with van der Waals surface area (Å²) in [4.78, 5) is 4.41. The van der Waals surface area contributed by atoms with E-state index in [1.54, 1.807) is 0 Å². The van der Waals surface area contributed by atoms with E-state index in [2.05, 4.69) is 65.8 Å². The summed E-state index contributed by atoms with van der Waals surface area (Å²) in [5.74, 6) is 1.03. The lowest BCUT2D eigenvalue weighted by Gasteiger charge is -2.11. The number of rotatable bonds is 4. The molecular weight excluding hydrogens is 302 g/mol. The summed E-state index contributed by atoms with van der Waals surface area (Å²) in [7, 11) is 0. The van der Waals surface area contributed by atoms with Crippen LogP contribution in [0.25, 0.3) is 5.69 Å². The van der Waals surface area contributed by atoms with Crippen molar-refractivity contribution in [3.8, 4) is 5.69 Å². The van der Waals surface area contributed by atoms with Gasteiger partial charge in [-0.2, -0.15) is 5.10 Å². The molecule has 0 radical (unpaired) electrons. The molecule has 0 spiro atoms. The van der Waals surface area contributed by atoms with E-state index >= 15 is 0 Å². The standard InChI is InChI=1S/C15H20BrN3/c1-10(2)7-13-9-15(16)18-19(13)12-5-6-17-14(8-12)11(3)4/h5-6,8-11H,7H2,1-4H3. The zero-order chi connectivity index (χ0) is 14.0. The Morgan fingerprint density at radius 3 is 2.58 bits per heavy atom. The van der Waals surface area contributed by atoms with Crippen LogP contribution in [-0.2, 0) is 6.42 Å². The fourth-order valence-corrected chi connectivity index (χ4v) is 2.48. The zero-order valence-electron chi connectivity index (χ0n) is 11.9. The van der Waals surface area contributed by atoms with Crippen LogP contribution in [0.3, 0.4) is 0 Å². The van der Waals surface area contributed by atoms with Gasteiger partial charge in [-0.05, 0) is 52.4 Å². The van der Waals surface area contributed by atoms with Crippen molar-refractivity contribution in [1.29, 1.82) is 0 Å². The van der Waals surface area contributed by atoms with Gasteiger partial charge in [-0.3, -0.25) is 4.98 Å². The fraction of sp³-hybridized carbons (Fsp3) is 0.467. The first kappa shape index (κ1) is 14.3. The minimum atomic E-state index is 0.424. The van der Waals surface area contributed by atoms with Crippen molar-refractivity contribution in [3.05, 3.63) is 40.4 Å². The Morgan fingerprint density at radius 1 is 1.21 bits per heavy atom. The van der Waals surface area contributed by atoms with Gasteiger partial charge in [-0.15, -0.1) is 0 Å². The molecule has 0 aliphatic heterocycles. The van der Waals surface area contributed by atoms with Crippen LogP contribution in [0.2, 0.25) is 0 Å². The molecule has 102 valence electrons. The van der Waals surface area contributed by atoms with Crippen molar-refractivity contribution in [2.24, 2.45) is 5.92 Å². The van der Waals surface area contributed by atoms with E-state index in [1.165, 1.54) is 5.69 Å². The molecule has 0 N–H and O–H groups in total. The maximum Gasteiger partial charge on any atom is 0.128 e. The Balaban J connectivity index is 2.43. The summed E-state index contributed by atoms with van der Waals surface area (Å²) >= 11 is 3.47. The molecule has 0 bridgehead atoms. The largest absolute Gasteiger partial charge is 0.261 e. The summed E-state index contributed by atoms with van der Waals surface area (Å²) < 4.78 is 2.89. The normalized spacial score (nSPS) is 11.5. The van der Waals surface area contributed by atoms with Crippen LogP contribution in [0.4, 0.5) is 0 Å². The minimum absolute atomic E-state index is 0.424. The number of aromatic nitrogens is 3. The number of nitrogens with zero attached hydrogens (tertiary/aromatic N) is 3. The lowest BCUT2D eigenvalue weighted by Crippen LogP contribution is -2.06. The number of halogens is 1. The summed E-state index contributed by atoms with van der Waals surface area (Å²) in [5, 5.41) is 4.54. The molecule has 0 fully saturated rings. The molecule has 0 amide bonds. The SMILES string of the molecule is CC(C)Cc1cc(Br)nn1-c1ccnc(C(C)C)c1. The second-order valence-corrected chi connectivity index (χ2v) is 6.37. The molecule has 2 heterocycles. The summed E-state index contributed by atoms with van der Waals surface area (Å²) in [6.07, 6.45) is 2.87. The zero-order valence-corrected chi connectivity index (χ0v) is 13.5. The Morgan fingerprint density at radius 2 is 1.95 bits per heavy atom. The van der Waals surface area contributed by atoms with Crippen molar-refractivity contribution in [2.75, 3.05) is 0 Å². The van der Waals surface area contributed by atoms with E-state index in [-0.39, 0.29) is 0 Å². The topological polar surface area (TPSA) is 30.7 Å².